The van der Waals surface area contributed by atoms with Gasteiger partial charge in [-0.25, -0.2) is 9.96 Å². The lowest BCUT2D eigenvalue weighted by atomic mass is 9.74. The number of carbonyl (C=O) groups is 3. The molecular weight excluding hydrogens is 380 g/mol. The maximum absolute atomic E-state index is 13.8. The summed E-state index contributed by atoms with van der Waals surface area (Å²) in [5.74, 6) is -2.09. The number of Topliss-reactive ketones (excluding diaryl/α,β-unsaturated/α-hetero) is 1. The monoisotopic (exact) mass is 396 g/mol. The van der Waals surface area contributed by atoms with E-state index in [2.05, 4.69) is 0 Å². The van der Waals surface area contributed by atoms with E-state index in [0.717, 1.165) is 4.90 Å². The molecule has 0 radical (unpaired) electrons. The summed E-state index contributed by atoms with van der Waals surface area (Å²) < 4.78 is 0. The molecule has 0 spiro atoms. The van der Waals surface area contributed by atoms with Crippen molar-refractivity contribution in [1.29, 1.82) is 0 Å². The van der Waals surface area contributed by atoms with Crippen LogP contribution < -0.4 is 9.96 Å². The third kappa shape index (κ3) is 1.89. The molecule has 0 unspecified atom stereocenters. The van der Waals surface area contributed by atoms with Crippen LogP contribution in [0.25, 0.3) is 0 Å². The Morgan fingerprint density at radius 1 is 0.733 bits per heavy atom. The molecule has 0 N–H and O–H groups in total. The van der Waals surface area contributed by atoms with E-state index in [1.807, 2.05) is 42.5 Å². The summed E-state index contributed by atoms with van der Waals surface area (Å²) in [6.07, 6.45) is -1.06. The zero-order valence-electron chi connectivity index (χ0n) is 15.8. The van der Waals surface area contributed by atoms with Crippen LogP contribution in [0.3, 0.4) is 0 Å². The van der Waals surface area contributed by atoms with Gasteiger partial charge in [-0.05, 0) is 29.8 Å². The first-order chi connectivity index (χ1) is 14.7. The molecule has 0 aromatic heterocycles. The molecule has 30 heavy (non-hydrogen) atoms. The largest absolute Gasteiger partial charge is 0.291 e. The zero-order valence-corrected chi connectivity index (χ0v) is 15.8. The Kier molecular flexibility index (Phi) is 3.35. The summed E-state index contributed by atoms with van der Waals surface area (Å²) in [6.45, 7) is 0. The second-order valence-electron chi connectivity index (χ2n) is 7.62. The fourth-order valence-corrected chi connectivity index (χ4v) is 4.95. The first-order valence-corrected chi connectivity index (χ1v) is 9.75. The molecule has 0 saturated carbocycles. The number of benzene rings is 3. The Morgan fingerprint density at radius 2 is 1.37 bits per heavy atom. The quantitative estimate of drug-likeness (QED) is 0.623. The normalized spacial score (nSPS) is 26.7. The summed E-state index contributed by atoms with van der Waals surface area (Å²) in [5.41, 5.74) is 0.759. The third-order valence-corrected chi connectivity index (χ3v) is 6.18. The molecule has 6 nitrogen and oxygen atoms in total. The fourth-order valence-electron chi connectivity index (χ4n) is 4.95. The van der Waals surface area contributed by atoms with Crippen molar-refractivity contribution in [2.75, 3.05) is 9.96 Å². The van der Waals surface area contributed by atoms with Gasteiger partial charge in [-0.2, -0.15) is 0 Å². The maximum Gasteiger partial charge on any atom is 0.266 e. The molecule has 3 aliphatic rings. The average molecular weight is 396 g/mol. The minimum atomic E-state index is -1.41. The SMILES string of the molecule is O=C1[C@@H]2[C@@H](ON3c4ccccc4C(=O)[C@@]23c2ccccc2)C(=O)N1c1ccccc1. The number of ketones is 1. The van der Waals surface area contributed by atoms with Crippen LogP contribution in [0, 0.1) is 5.92 Å². The van der Waals surface area contributed by atoms with Crippen molar-refractivity contribution in [3.8, 4) is 0 Å². The molecule has 3 heterocycles. The van der Waals surface area contributed by atoms with Crippen LogP contribution in [0.4, 0.5) is 11.4 Å². The summed E-state index contributed by atoms with van der Waals surface area (Å²) in [7, 11) is 0. The minimum absolute atomic E-state index is 0.229. The lowest BCUT2D eigenvalue weighted by molar-refractivity contribution is -0.126. The molecule has 2 saturated heterocycles. The molecule has 146 valence electrons. The van der Waals surface area contributed by atoms with Gasteiger partial charge < -0.3 is 0 Å². The number of para-hydroxylation sites is 2. The Morgan fingerprint density at radius 3 is 2.10 bits per heavy atom. The van der Waals surface area contributed by atoms with Crippen molar-refractivity contribution >= 4 is 29.0 Å². The van der Waals surface area contributed by atoms with Crippen LogP contribution in [0.15, 0.2) is 84.9 Å². The van der Waals surface area contributed by atoms with Crippen molar-refractivity contribution in [3.05, 3.63) is 96.1 Å². The van der Waals surface area contributed by atoms with E-state index >= 15 is 0 Å². The molecule has 0 aliphatic carbocycles. The fraction of sp³-hybridized carbons (Fsp3) is 0.125. The van der Waals surface area contributed by atoms with Crippen LogP contribution in [0.5, 0.6) is 0 Å². The topological polar surface area (TPSA) is 66.9 Å². The zero-order chi connectivity index (χ0) is 20.5. The van der Waals surface area contributed by atoms with Gasteiger partial charge in [-0.1, -0.05) is 60.7 Å². The molecule has 0 bridgehead atoms. The maximum atomic E-state index is 13.8. The van der Waals surface area contributed by atoms with Gasteiger partial charge in [0.2, 0.25) is 5.91 Å². The Bertz CT molecular complexity index is 1210. The number of rotatable bonds is 2. The van der Waals surface area contributed by atoms with Gasteiger partial charge in [0.25, 0.3) is 5.91 Å². The standard InChI is InChI=1S/C24H16N2O4/c27-21-17-13-7-8-14-18(17)26-24(21,15-9-3-1-4-10-15)19-20(30-26)23(29)25(22(19)28)16-11-5-2-6-12-16/h1-14,19-20H/t19-,20+,24+/m0/s1. The molecule has 2 fully saturated rings. The third-order valence-electron chi connectivity index (χ3n) is 6.18. The number of hydrogen-bond acceptors (Lipinski definition) is 5. The molecule has 3 aliphatic heterocycles. The van der Waals surface area contributed by atoms with Gasteiger partial charge in [0, 0.05) is 5.56 Å². The van der Waals surface area contributed by atoms with Crippen LogP contribution >= 0.6 is 0 Å². The van der Waals surface area contributed by atoms with Gasteiger partial charge in [0.1, 0.15) is 5.92 Å². The van der Waals surface area contributed by atoms with Crippen LogP contribution in [0.2, 0.25) is 0 Å². The van der Waals surface area contributed by atoms with Gasteiger partial charge in [-0.3, -0.25) is 19.2 Å². The summed E-state index contributed by atoms with van der Waals surface area (Å²) >= 11 is 0. The Hall–Kier alpha value is -3.77. The van der Waals surface area contributed by atoms with E-state index in [1.165, 1.54) is 5.06 Å². The van der Waals surface area contributed by atoms with Crippen molar-refractivity contribution in [2.24, 2.45) is 5.92 Å². The van der Waals surface area contributed by atoms with Crippen LogP contribution in [-0.4, -0.2) is 23.7 Å². The average Bonchev–Trinajstić information content (AvgIpc) is 3.36. The molecule has 3 atom stereocenters. The summed E-state index contributed by atoms with van der Waals surface area (Å²) in [5, 5.41) is 1.49. The molecule has 6 heteroatoms. The van der Waals surface area contributed by atoms with Gasteiger partial charge in [-0.15, -0.1) is 0 Å². The highest BCUT2D eigenvalue weighted by atomic mass is 16.7. The predicted octanol–water partition coefficient (Wildman–Crippen LogP) is 3.09. The number of hydrogen-bond donors (Lipinski definition) is 0. The highest BCUT2D eigenvalue weighted by molar-refractivity contribution is 6.28. The van der Waals surface area contributed by atoms with Crippen molar-refractivity contribution in [2.45, 2.75) is 11.6 Å². The Balaban J connectivity index is 1.58. The van der Waals surface area contributed by atoms with Crippen LogP contribution in [0.1, 0.15) is 15.9 Å². The lowest BCUT2D eigenvalue weighted by Crippen LogP contribution is -2.51. The molecule has 2 amide bonds. The number of carbonyl (C=O) groups excluding carboxylic acids is 3. The van der Waals surface area contributed by atoms with Gasteiger partial charge >= 0.3 is 0 Å². The first kappa shape index (κ1) is 17.1. The molecular formula is C24H16N2O4. The van der Waals surface area contributed by atoms with Crippen molar-refractivity contribution in [3.63, 3.8) is 0 Å². The van der Waals surface area contributed by atoms with Gasteiger partial charge in [0.05, 0.1) is 11.4 Å². The minimum Gasteiger partial charge on any atom is -0.291 e. The summed E-state index contributed by atoms with van der Waals surface area (Å²) in [6, 6.07) is 25.0. The Labute approximate surface area is 172 Å². The van der Waals surface area contributed by atoms with Crippen molar-refractivity contribution in [1.82, 2.24) is 0 Å². The first-order valence-electron chi connectivity index (χ1n) is 9.75. The van der Waals surface area contributed by atoms with E-state index in [-0.39, 0.29) is 5.78 Å². The van der Waals surface area contributed by atoms with Gasteiger partial charge in [0.15, 0.2) is 17.4 Å². The number of anilines is 2. The summed E-state index contributed by atoms with van der Waals surface area (Å²) in [4.78, 5) is 48.0. The number of amides is 2. The number of nitrogens with zero attached hydrogens (tertiary/aromatic N) is 2. The van der Waals surface area contributed by atoms with E-state index in [1.54, 1.807) is 42.5 Å². The number of hydroxylamine groups is 1. The number of imide groups is 1. The smallest absolute Gasteiger partial charge is 0.266 e. The van der Waals surface area contributed by atoms with Crippen LogP contribution in [-0.2, 0) is 20.0 Å². The lowest BCUT2D eigenvalue weighted by Gasteiger charge is -2.34. The highest BCUT2D eigenvalue weighted by Crippen LogP contribution is 2.57. The van der Waals surface area contributed by atoms with Crippen molar-refractivity contribution < 1.29 is 19.2 Å². The molecule has 3 aromatic carbocycles. The molecule has 6 rings (SSSR count). The van der Waals surface area contributed by atoms with E-state index in [9.17, 15) is 14.4 Å². The number of fused-ring (bicyclic) bond motifs is 5. The second-order valence-corrected chi connectivity index (χ2v) is 7.62. The van der Waals surface area contributed by atoms with E-state index in [4.69, 9.17) is 4.84 Å². The van der Waals surface area contributed by atoms with E-state index in [0.29, 0.717) is 22.5 Å². The highest BCUT2D eigenvalue weighted by Gasteiger charge is 2.73. The second kappa shape index (κ2) is 5.87. The van der Waals surface area contributed by atoms with E-state index < -0.39 is 29.4 Å². The molecule has 3 aromatic rings. The predicted molar refractivity (Wildman–Crippen MR) is 109 cm³/mol.